The Morgan fingerprint density at radius 2 is 2.04 bits per heavy atom. The minimum absolute atomic E-state index is 0.234. The molecule has 1 amide bonds. The van der Waals surface area contributed by atoms with Crippen LogP contribution in [0.4, 0.5) is 10.5 Å². The lowest BCUT2D eigenvalue weighted by Gasteiger charge is -2.10. The number of aromatic nitrogens is 3. The lowest BCUT2D eigenvalue weighted by molar-refractivity contribution is 0.102. The molecule has 8 nitrogen and oxygen atoms in total. The number of nitrogens with zero attached hydrogens (tertiary/aromatic N) is 4. The number of carbonyl (C=O) groups excluding carboxylic acids is 1. The molecular formula is C17H12IN5O3. The third-order valence-corrected chi connectivity index (χ3v) is 4.85. The monoisotopic (exact) mass is 461 g/mol. The van der Waals surface area contributed by atoms with Crippen LogP contribution in [-0.2, 0) is 0 Å². The van der Waals surface area contributed by atoms with Crippen LogP contribution in [-0.4, -0.2) is 31.9 Å². The quantitative estimate of drug-likeness (QED) is 0.565. The standard InChI is InChI=1S/C17H12IN5O3/c1-8-9(2)14(20-7-10(8)6-19)16(24)21-11-3-4-13-12(5-11)15(18)22-23(13)17(25)26/h3-5,7H,1-2H3,(H,21,24)(H,25,26). The van der Waals surface area contributed by atoms with Crippen molar-refractivity contribution < 1.29 is 14.7 Å². The number of benzene rings is 1. The largest absolute Gasteiger partial charge is 0.463 e. The summed E-state index contributed by atoms with van der Waals surface area (Å²) in [5.74, 6) is -0.407. The van der Waals surface area contributed by atoms with Gasteiger partial charge in [-0.15, -0.1) is 0 Å². The highest BCUT2D eigenvalue weighted by Gasteiger charge is 2.17. The molecule has 0 saturated heterocycles. The number of rotatable bonds is 2. The smallest absolute Gasteiger partial charge is 0.432 e. The van der Waals surface area contributed by atoms with Crippen LogP contribution in [0, 0.1) is 28.9 Å². The number of carbonyl (C=O) groups is 2. The van der Waals surface area contributed by atoms with Crippen LogP contribution in [0.15, 0.2) is 24.4 Å². The average molecular weight is 461 g/mol. The summed E-state index contributed by atoms with van der Waals surface area (Å²) in [4.78, 5) is 27.8. The fourth-order valence-electron chi connectivity index (χ4n) is 2.54. The molecule has 3 aromatic rings. The van der Waals surface area contributed by atoms with Crippen molar-refractivity contribution in [1.82, 2.24) is 14.8 Å². The van der Waals surface area contributed by atoms with Gasteiger partial charge in [0.25, 0.3) is 5.91 Å². The maximum Gasteiger partial charge on any atom is 0.432 e. The zero-order chi connectivity index (χ0) is 19.0. The summed E-state index contributed by atoms with van der Waals surface area (Å²) in [7, 11) is 0. The highest BCUT2D eigenvalue weighted by molar-refractivity contribution is 14.1. The Hall–Kier alpha value is -3.00. The first-order valence-corrected chi connectivity index (χ1v) is 8.50. The second kappa shape index (κ2) is 6.72. The molecule has 130 valence electrons. The summed E-state index contributed by atoms with van der Waals surface area (Å²) >= 11 is 1.94. The number of pyridine rings is 1. The molecule has 1 aromatic carbocycles. The molecule has 0 aliphatic rings. The minimum atomic E-state index is -1.18. The molecule has 0 aliphatic carbocycles. The Kier molecular flexibility index (Phi) is 4.60. The second-order valence-corrected chi connectivity index (χ2v) is 6.58. The topological polar surface area (TPSA) is 121 Å². The molecule has 2 N–H and O–H groups in total. The molecule has 9 heteroatoms. The number of nitrogens with one attached hydrogen (secondary N) is 1. The summed E-state index contributed by atoms with van der Waals surface area (Å²) in [6, 6.07) is 6.88. The van der Waals surface area contributed by atoms with E-state index in [-0.39, 0.29) is 5.69 Å². The number of nitriles is 1. The molecule has 3 rings (SSSR count). The summed E-state index contributed by atoms with van der Waals surface area (Å²) in [6.07, 6.45) is 0.197. The number of halogens is 1. The van der Waals surface area contributed by atoms with Crippen molar-refractivity contribution in [3.8, 4) is 6.07 Å². The van der Waals surface area contributed by atoms with E-state index in [0.717, 1.165) is 4.68 Å². The van der Waals surface area contributed by atoms with Crippen LogP contribution in [0.3, 0.4) is 0 Å². The van der Waals surface area contributed by atoms with Gasteiger partial charge < -0.3 is 10.4 Å². The van der Waals surface area contributed by atoms with E-state index in [1.54, 1.807) is 32.0 Å². The van der Waals surface area contributed by atoms with E-state index in [2.05, 4.69) is 15.4 Å². The van der Waals surface area contributed by atoms with Crippen LogP contribution >= 0.6 is 22.6 Å². The Morgan fingerprint density at radius 3 is 2.69 bits per heavy atom. The van der Waals surface area contributed by atoms with E-state index in [9.17, 15) is 9.59 Å². The molecule has 0 aliphatic heterocycles. The van der Waals surface area contributed by atoms with Crippen LogP contribution in [0.2, 0.25) is 0 Å². The SMILES string of the molecule is Cc1c(C#N)cnc(C(=O)Nc2ccc3c(c2)c(I)nn3C(=O)O)c1C. The summed E-state index contributed by atoms with van der Waals surface area (Å²) < 4.78 is 1.40. The predicted octanol–water partition coefficient (Wildman–Crippen LogP) is 3.30. The number of fused-ring (bicyclic) bond motifs is 1. The third kappa shape index (κ3) is 2.99. The molecular weight excluding hydrogens is 449 g/mol. The Bertz CT molecular complexity index is 1110. The normalized spacial score (nSPS) is 10.5. The highest BCUT2D eigenvalue weighted by atomic mass is 127. The maximum absolute atomic E-state index is 12.5. The van der Waals surface area contributed by atoms with Crippen LogP contribution in [0.1, 0.15) is 27.2 Å². The van der Waals surface area contributed by atoms with Crippen molar-refractivity contribution >= 4 is 51.2 Å². The molecule has 0 fully saturated rings. The number of hydrogen-bond donors (Lipinski definition) is 2. The first-order valence-electron chi connectivity index (χ1n) is 7.42. The first-order chi connectivity index (χ1) is 12.3. The lowest BCUT2D eigenvalue weighted by atomic mass is 10.0. The molecule has 0 unspecified atom stereocenters. The number of carboxylic acid groups (broad SMARTS) is 1. The predicted molar refractivity (Wildman–Crippen MR) is 102 cm³/mol. The van der Waals surface area contributed by atoms with Crippen molar-refractivity contribution in [3.63, 3.8) is 0 Å². The highest BCUT2D eigenvalue weighted by Crippen LogP contribution is 2.24. The third-order valence-electron chi connectivity index (χ3n) is 4.05. The summed E-state index contributed by atoms with van der Waals surface area (Å²) in [5, 5.41) is 25.5. The van der Waals surface area contributed by atoms with Crippen LogP contribution in [0.5, 0.6) is 0 Å². The van der Waals surface area contributed by atoms with Gasteiger partial charge in [0, 0.05) is 17.3 Å². The molecule has 0 atom stereocenters. The maximum atomic E-state index is 12.5. The van der Waals surface area contributed by atoms with Gasteiger partial charge >= 0.3 is 6.09 Å². The van der Waals surface area contributed by atoms with Crippen molar-refractivity contribution in [2.45, 2.75) is 13.8 Å². The van der Waals surface area contributed by atoms with Crippen molar-refractivity contribution in [3.05, 3.63) is 50.5 Å². The molecule has 0 saturated carbocycles. The lowest BCUT2D eigenvalue weighted by Crippen LogP contribution is -2.16. The van der Waals surface area contributed by atoms with E-state index in [1.807, 2.05) is 28.7 Å². The number of anilines is 1. The van der Waals surface area contributed by atoms with Crippen LogP contribution in [0.25, 0.3) is 10.9 Å². The molecule has 2 aromatic heterocycles. The Balaban J connectivity index is 1.96. The van der Waals surface area contributed by atoms with Gasteiger partial charge in [-0.2, -0.15) is 15.0 Å². The van der Waals surface area contributed by atoms with Gasteiger partial charge in [0.1, 0.15) is 15.5 Å². The number of hydrogen-bond acceptors (Lipinski definition) is 5. The summed E-state index contributed by atoms with van der Waals surface area (Å²) in [6.45, 7) is 3.50. The molecule has 0 spiro atoms. The van der Waals surface area contributed by atoms with E-state index >= 15 is 0 Å². The Morgan fingerprint density at radius 1 is 1.31 bits per heavy atom. The fourth-order valence-corrected chi connectivity index (χ4v) is 3.19. The molecule has 2 heterocycles. The molecule has 0 bridgehead atoms. The van der Waals surface area contributed by atoms with E-state index in [4.69, 9.17) is 10.4 Å². The van der Waals surface area contributed by atoms with Crippen molar-refractivity contribution in [1.29, 1.82) is 5.26 Å². The van der Waals surface area contributed by atoms with Gasteiger partial charge in [-0.25, -0.2) is 9.78 Å². The van der Waals surface area contributed by atoms with Crippen molar-refractivity contribution in [2.75, 3.05) is 5.32 Å². The van der Waals surface area contributed by atoms with Gasteiger partial charge in [0.2, 0.25) is 0 Å². The zero-order valence-electron chi connectivity index (χ0n) is 13.7. The van der Waals surface area contributed by atoms with E-state index < -0.39 is 12.0 Å². The van der Waals surface area contributed by atoms with Crippen molar-refractivity contribution in [2.24, 2.45) is 0 Å². The van der Waals surface area contributed by atoms with Gasteiger partial charge in [-0.1, -0.05) is 0 Å². The first kappa shape index (κ1) is 17.8. The fraction of sp³-hybridized carbons (Fsp3) is 0.118. The van der Waals surface area contributed by atoms with E-state index in [1.165, 1.54) is 6.20 Å². The van der Waals surface area contributed by atoms with Gasteiger partial charge in [-0.3, -0.25) is 4.79 Å². The number of amides is 1. The van der Waals surface area contributed by atoms with Gasteiger partial charge in [0.05, 0.1) is 11.1 Å². The average Bonchev–Trinajstić information content (AvgIpc) is 2.94. The zero-order valence-corrected chi connectivity index (χ0v) is 15.9. The van der Waals surface area contributed by atoms with Crippen LogP contribution < -0.4 is 5.32 Å². The van der Waals surface area contributed by atoms with Gasteiger partial charge in [0.15, 0.2) is 0 Å². The molecule has 26 heavy (non-hydrogen) atoms. The Labute approximate surface area is 161 Å². The van der Waals surface area contributed by atoms with E-state index in [0.29, 0.717) is 37.0 Å². The molecule has 0 radical (unpaired) electrons. The van der Waals surface area contributed by atoms with Gasteiger partial charge in [-0.05, 0) is 65.8 Å². The second-order valence-electron chi connectivity index (χ2n) is 5.55. The minimum Gasteiger partial charge on any atom is -0.463 e. The summed E-state index contributed by atoms with van der Waals surface area (Å²) in [5.41, 5.74) is 2.93.